The van der Waals surface area contributed by atoms with E-state index in [4.69, 9.17) is 4.42 Å². The fourth-order valence-corrected chi connectivity index (χ4v) is 3.91. The number of likely N-dealkylation sites (N-methyl/N-ethyl adjacent to an activating group) is 1. The monoisotopic (exact) mass is 411 g/mol. The largest absolute Gasteiger partial charge is 0.451 e. The Kier molecular flexibility index (Phi) is 7.27. The number of furan rings is 1. The van der Waals surface area contributed by atoms with E-state index < -0.39 is 11.9 Å². The number of carbonyl (C=O) groups is 3. The zero-order chi connectivity index (χ0) is 21.5. The van der Waals surface area contributed by atoms with Gasteiger partial charge in [0.2, 0.25) is 11.8 Å². The Morgan fingerprint density at radius 1 is 1.10 bits per heavy atom. The number of rotatable bonds is 7. The van der Waals surface area contributed by atoms with Gasteiger partial charge in [0, 0.05) is 26.1 Å². The Bertz CT molecular complexity index is 899. The molecule has 0 saturated heterocycles. The second-order valence-corrected chi connectivity index (χ2v) is 7.74. The summed E-state index contributed by atoms with van der Waals surface area (Å²) < 4.78 is 5.78. The van der Waals surface area contributed by atoms with Crippen molar-refractivity contribution in [3.05, 3.63) is 47.7 Å². The van der Waals surface area contributed by atoms with Crippen LogP contribution in [0.4, 0.5) is 0 Å². The highest BCUT2D eigenvalue weighted by atomic mass is 16.4. The van der Waals surface area contributed by atoms with Crippen LogP contribution in [0.15, 0.2) is 40.8 Å². The highest BCUT2D eigenvalue weighted by molar-refractivity contribution is 5.96. The van der Waals surface area contributed by atoms with Gasteiger partial charge in [-0.25, -0.2) is 0 Å². The number of carbonyl (C=O) groups excluding carboxylic acids is 3. The maximum absolute atomic E-state index is 12.8. The third-order valence-electron chi connectivity index (χ3n) is 5.52. The molecule has 3 N–H and O–H groups in total. The van der Waals surface area contributed by atoms with E-state index in [0.29, 0.717) is 12.3 Å². The minimum atomic E-state index is -0.558. The third-order valence-corrected chi connectivity index (χ3v) is 5.52. The molecular formula is C23H29N3O4. The van der Waals surface area contributed by atoms with Gasteiger partial charge in [0.25, 0.3) is 5.91 Å². The SMILES string of the molecule is CNC(=O)[C@@H](NC(=O)c1ccc(-c2cccc(CNC(C)=O)c2)o1)C1CCCCC1. The Morgan fingerprint density at radius 2 is 1.87 bits per heavy atom. The van der Waals surface area contributed by atoms with Crippen LogP contribution in [0.25, 0.3) is 11.3 Å². The minimum Gasteiger partial charge on any atom is -0.451 e. The number of amides is 3. The van der Waals surface area contributed by atoms with Crippen molar-refractivity contribution < 1.29 is 18.8 Å². The molecule has 160 valence electrons. The molecule has 1 heterocycles. The van der Waals surface area contributed by atoms with Gasteiger partial charge in [-0.15, -0.1) is 0 Å². The lowest BCUT2D eigenvalue weighted by atomic mass is 9.83. The number of hydrogen-bond acceptors (Lipinski definition) is 4. The van der Waals surface area contributed by atoms with Crippen LogP contribution in [-0.4, -0.2) is 30.8 Å². The van der Waals surface area contributed by atoms with E-state index in [0.717, 1.165) is 36.8 Å². The van der Waals surface area contributed by atoms with Crippen LogP contribution < -0.4 is 16.0 Å². The first-order valence-corrected chi connectivity index (χ1v) is 10.4. The molecule has 1 saturated carbocycles. The molecular weight excluding hydrogens is 382 g/mol. The third kappa shape index (κ3) is 5.49. The van der Waals surface area contributed by atoms with Crippen LogP contribution in [0, 0.1) is 5.92 Å². The van der Waals surface area contributed by atoms with Gasteiger partial charge in [-0.1, -0.05) is 37.5 Å². The quantitative estimate of drug-likeness (QED) is 0.652. The van der Waals surface area contributed by atoms with Crippen LogP contribution in [-0.2, 0) is 16.1 Å². The Balaban J connectivity index is 1.71. The molecule has 1 fully saturated rings. The minimum absolute atomic E-state index is 0.0963. The molecule has 0 radical (unpaired) electrons. The van der Waals surface area contributed by atoms with Crippen molar-refractivity contribution in [2.45, 2.75) is 51.6 Å². The first-order chi connectivity index (χ1) is 14.5. The number of nitrogens with one attached hydrogen (secondary N) is 3. The molecule has 30 heavy (non-hydrogen) atoms. The summed E-state index contributed by atoms with van der Waals surface area (Å²) in [5.41, 5.74) is 1.74. The predicted octanol–water partition coefficient (Wildman–Crippen LogP) is 3.01. The van der Waals surface area contributed by atoms with E-state index in [1.165, 1.54) is 13.3 Å². The summed E-state index contributed by atoms with van der Waals surface area (Å²) >= 11 is 0. The molecule has 1 aliphatic rings. The molecule has 3 amide bonds. The molecule has 1 aromatic carbocycles. The van der Waals surface area contributed by atoms with Gasteiger partial charge in [0.1, 0.15) is 11.8 Å². The first-order valence-electron chi connectivity index (χ1n) is 10.4. The fourth-order valence-electron chi connectivity index (χ4n) is 3.91. The molecule has 7 heteroatoms. The second kappa shape index (κ2) is 10.1. The topological polar surface area (TPSA) is 100 Å². The number of hydrogen-bond donors (Lipinski definition) is 3. The molecule has 0 spiro atoms. The predicted molar refractivity (Wildman–Crippen MR) is 114 cm³/mol. The van der Waals surface area contributed by atoms with Crippen molar-refractivity contribution in [1.29, 1.82) is 0 Å². The van der Waals surface area contributed by atoms with Gasteiger partial charge in [-0.3, -0.25) is 14.4 Å². The molecule has 2 aromatic rings. The summed E-state index contributed by atoms with van der Waals surface area (Å²) in [6.45, 7) is 1.90. The average Bonchev–Trinajstić information content (AvgIpc) is 3.27. The highest BCUT2D eigenvalue weighted by Crippen LogP contribution is 2.27. The summed E-state index contributed by atoms with van der Waals surface area (Å²) in [7, 11) is 1.59. The average molecular weight is 412 g/mol. The van der Waals surface area contributed by atoms with Crippen molar-refractivity contribution in [3.63, 3.8) is 0 Å². The molecule has 7 nitrogen and oxygen atoms in total. The summed E-state index contributed by atoms with van der Waals surface area (Å²) in [4.78, 5) is 36.3. The highest BCUT2D eigenvalue weighted by Gasteiger charge is 2.31. The van der Waals surface area contributed by atoms with Gasteiger partial charge < -0.3 is 20.4 Å². The first kappa shape index (κ1) is 21.6. The van der Waals surface area contributed by atoms with Gasteiger partial charge in [0.15, 0.2) is 5.76 Å². The zero-order valence-electron chi connectivity index (χ0n) is 17.5. The number of benzene rings is 1. The normalized spacial score (nSPS) is 15.3. The summed E-state index contributed by atoms with van der Waals surface area (Å²) in [6, 6.07) is 10.4. The van der Waals surface area contributed by atoms with Gasteiger partial charge >= 0.3 is 0 Å². The molecule has 0 unspecified atom stereocenters. The van der Waals surface area contributed by atoms with E-state index in [-0.39, 0.29) is 23.5 Å². The Hall–Kier alpha value is -3.09. The van der Waals surface area contributed by atoms with Gasteiger partial charge in [-0.2, -0.15) is 0 Å². The molecule has 1 aliphatic carbocycles. The van der Waals surface area contributed by atoms with Crippen LogP contribution in [0.3, 0.4) is 0 Å². The maximum Gasteiger partial charge on any atom is 0.287 e. The zero-order valence-corrected chi connectivity index (χ0v) is 17.5. The molecule has 3 rings (SSSR count). The molecule has 1 atom stereocenters. The standard InChI is InChI=1S/C23H29N3O4/c1-15(27)25-14-16-7-6-10-18(13-16)19-11-12-20(30-19)22(28)26-21(23(29)24-2)17-8-4-3-5-9-17/h6-7,10-13,17,21H,3-5,8-9,14H2,1-2H3,(H,24,29)(H,25,27)(H,26,28)/t21-/m0/s1. The molecule has 0 aliphatic heterocycles. The summed E-state index contributed by atoms with van der Waals surface area (Å²) in [5.74, 6) is 0.201. The van der Waals surface area contributed by atoms with Crippen molar-refractivity contribution in [3.8, 4) is 11.3 Å². The Labute approximate surface area is 176 Å². The van der Waals surface area contributed by atoms with E-state index in [1.807, 2.05) is 24.3 Å². The van der Waals surface area contributed by atoms with E-state index >= 15 is 0 Å². The van der Waals surface area contributed by atoms with E-state index in [2.05, 4.69) is 16.0 Å². The van der Waals surface area contributed by atoms with Gasteiger partial charge in [0.05, 0.1) is 0 Å². The van der Waals surface area contributed by atoms with Crippen molar-refractivity contribution >= 4 is 17.7 Å². The summed E-state index contributed by atoms with van der Waals surface area (Å²) in [6.07, 6.45) is 5.20. The van der Waals surface area contributed by atoms with Crippen molar-refractivity contribution in [2.75, 3.05) is 7.05 Å². The fraction of sp³-hybridized carbons (Fsp3) is 0.435. The Morgan fingerprint density at radius 3 is 2.57 bits per heavy atom. The van der Waals surface area contributed by atoms with Crippen molar-refractivity contribution in [2.24, 2.45) is 5.92 Å². The second-order valence-electron chi connectivity index (χ2n) is 7.74. The maximum atomic E-state index is 12.8. The smallest absolute Gasteiger partial charge is 0.287 e. The lowest BCUT2D eigenvalue weighted by molar-refractivity contribution is -0.124. The van der Waals surface area contributed by atoms with E-state index in [1.54, 1.807) is 19.2 Å². The lowest BCUT2D eigenvalue weighted by Crippen LogP contribution is -2.50. The molecule has 1 aromatic heterocycles. The van der Waals surface area contributed by atoms with E-state index in [9.17, 15) is 14.4 Å². The van der Waals surface area contributed by atoms with Crippen molar-refractivity contribution in [1.82, 2.24) is 16.0 Å². The lowest BCUT2D eigenvalue weighted by Gasteiger charge is -2.29. The van der Waals surface area contributed by atoms with Crippen LogP contribution in [0.5, 0.6) is 0 Å². The van der Waals surface area contributed by atoms with Crippen LogP contribution in [0.1, 0.15) is 55.1 Å². The van der Waals surface area contributed by atoms with Gasteiger partial charge in [-0.05, 0) is 42.5 Å². The summed E-state index contributed by atoms with van der Waals surface area (Å²) in [5, 5.41) is 8.29. The molecule has 0 bridgehead atoms. The van der Waals surface area contributed by atoms with Crippen LogP contribution >= 0.6 is 0 Å². The van der Waals surface area contributed by atoms with Crippen LogP contribution in [0.2, 0.25) is 0 Å².